The second-order valence-electron chi connectivity index (χ2n) is 3.30. The summed E-state index contributed by atoms with van der Waals surface area (Å²) in [6.45, 7) is 2.20. The van der Waals surface area contributed by atoms with Gasteiger partial charge in [-0.3, -0.25) is 0 Å². The van der Waals surface area contributed by atoms with E-state index in [1.807, 2.05) is 0 Å². The molecule has 0 radical (unpaired) electrons. The molecule has 0 saturated heterocycles. The molecule has 0 aliphatic rings. The molecule has 0 saturated carbocycles. The number of rotatable bonds is 4. The van der Waals surface area contributed by atoms with Crippen LogP contribution in [0.4, 0.5) is 0 Å². The van der Waals surface area contributed by atoms with Crippen molar-refractivity contribution < 1.29 is 0 Å². The Balaban J connectivity index is 2.55. The maximum atomic E-state index is 6.03. The summed E-state index contributed by atoms with van der Waals surface area (Å²) in [7, 11) is 0. The van der Waals surface area contributed by atoms with Gasteiger partial charge in [0.05, 0.1) is 0 Å². The predicted octanol–water partition coefficient (Wildman–Crippen LogP) is 3.48. The first-order valence-electron chi connectivity index (χ1n) is 4.75. The van der Waals surface area contributed by atoms with Gasteiger partial charge in [-0.25, -0.2) is 0 Å². The number of halogens is 1. The normalized spacial score (nSPS) is 12.8. The first-order chi connectivity index (χ1) is 6.24. The molecule has 0 aliphatic heterocycles. The molecule has 72 valence electrons. The van der Waals surface area contributed by atoms with Crippen molar-refractivity contribution >= 4 is 22.6 Å². The molecule has 0 bridgehead atoms. The van der Waals surface area contributed by atoms with Crippen LogP contribution in [0.2, 0.25) is 0 Å². The highest BCUT2D eigenvalue weighted by Gasteiger charge is 2.03. The minimum Gasteiger partial charge on any atom is -0.324 e. The second-order valence-corrected chi connectivity index (χ2v) is 4.55. The fourth-order valence-electron chi connectivity index (χ4n) is 1.30. The second kappa shape index (κ2) is 5.60. The summed E-state index contributed by atoms with van der Waals surface area (Å²) in [4.78, 5) is 0. The zero-order valence-electron chi connectivity index (χ0n) is 7.96. The highest BCUT2D eigenvalue weighted by Crippen LogP contribution is 2.17. The Morgan fingerprint density at radius 1 is 1.31 bits per heavy atom. The van der Waals surface area contributed by atoms with Crippen molar-refractivity contribution in [1.29, 1.82) is 0 Å². The lowest BCUT2D eigenvalue weighted by molar-refractivity contribution is 0.603. The molecular formula is C11H16IN. The van der Waals surface area contributed by atoms with Crippen molar-refractivity contribution in [1.82, 2.24) is 0 Å². The highest BCUT2D eigenvalue weighted by atomic mass is 127. The SMILES string of the molecule is CCCC[C@H](N)c1ccc(I)cc1. The highest BCUT2D eigenvalue weighted by molar-refractivity contribution is 14.1. The van der Waals surface area contributed by atoms with Crippen molar-refractivity contribution in [2.45, 2.75) is 32.2 Å². The van der Waals surface area contributed by atoms with E-state index in [9.17, 15) is 0 Å². The molecule has 1 nitrogen and oxygen atoms in total. The first kappa shape index (κ1) is 11.0. The smallest absolute Gasteiger partial charge is 0.0294 e. The van der Waals surface area contributed by atoms with Gasteiger partial charge in [-0.05, 0) is 46.7 Å². The topological polar surface area (TPSA) is 26.0 Å². The minimum atomic E-state index is 0.219. The van der Waals surface area contributed by atoms with Crippen molar-refractivity contribution in [3.05, 3.63) is 33.4 Å². The Labute approximate surface area is 93.9 Å². The van der Waals surface area contributed by atoms with Crippen LogP contribution in [0.5, 0.6) is 0 Å². The third-order valence-corrected chi connectivity index (χ3v) is 2.89. The molecule has 1 aromatic rings. The summed E-state index contributed by atoms with van der Waals surface area (Å²) in [6.07, 6.45) is 3.53. The molecule has 2 heteroatoms. The van der Waals surface area contributed by atoms with Crippen LogP contribution in [-0.4, -0.2) is 0 Å². The lowest BCUT2D eigenvalue weighted by atomic mass is 10.0. The van der Waals surface area contributed by atoms with Gasteiger partial charge in [-0.1, -0.05) is 31.9 Å². The van der Waals surface area contributed by atoms with Crippen LogP contribution in [0, 0.1) is 3.57 Å². The predicted molar refractivity (Wildman–Crippen MR) is 65.6 cm³/mol. The molecule has 1 atom stereocenters. The van der Waals surface area contributed by atoms with Crippen molar-refractivity contribution in [2.24, 2.45) is 5.73 Å². The quantitative estimate of drug-likeness (QED) is 0.844. The first-order valence-corrected chi connectivity index (χ1v) is 5.83. The molecule has 0 amide bonds. The molecule has 13 heavy (non-hydrogen) atoms. The van der Waals surface area contributed by atoms with E-state index < -0.39 is 0 Å². The third kappa shape index (κ3) is 3.65. The van der Waals surface area contributed by atoms with Gasteiger partial charge >= 0.3 is 0 Å². The van der Waals surface area contributed by atoms with Crippen LogP contribution in [-0.2, 0) is 0 Å². The van der Waals surface area contributed by atoms with Gasteiger partial charge in [0, 0.05) is 9.61 Å². The van der Waals surface area contributed by atoms with E-state index in [1.54, 1.807) is 0 Å². The molecule has 1 aromatic carbocycles. The maximum Gasteiger partial charge on any atom is 0.0294 e. The van der Waals surface area contributed by atoms with Gasteiger partial charge in [0.15, 0.2) is 0 Å². The molecule has 0 aromatic heterocycles. The number of nitrogens with two attached hydrogens (primary N) is 1. The van der Waals surface area contributed by atoms with Crippen LogP contribution in [0.25, 0.3) is 0 Å². The number of hydrogen-bond donors (Lipinski definition) is 1. The van der Waals surface area contributed by atoms with E-state index >= 15 is 0 Å². The van der Waals surface area contributed by atoms with E-state index in [0.29, 0.717) is 0 Å². The van der Waals surface area contributed by atoms with Gasteiger partial charge in [-0.2, -0.15) is 0 Å². The molecular weight excluding hydrogens is 273 g/mol. The molecule has 0 unspecified atom stereocenters. The van der Waals surface area contributed by atoms with Crippen LogP contribution < -0.4 is 5.73 Å². The van der Waals surface area contributed by atoms with Crippen molar-refractivity contribution in [2.75, 3.05) is 0 Å². The third-order valence-electron chi connectivity index (χ3n) is 2.17. The average molecular weight is 289 g/mol. The maximum absolute atomic E-state index is 6.03. The molecule has 0 aliphatic carbocycles. The van der Waals surface area contributed by atoms with Crippen LogP contribution >= 0.6 is 22.6 Å². The zero-order valence-corrected chi connectivity index (χ0v) is 10.1. The Kier molecular flexibility index (Phi) is 4.73. The fourth-order valence-corrected chi connectivity index (χ4v) is 1.66. The van der Waals surface area contributed by atoms with E-state index in [0.717, 1.165) is 6.42 Å². The van der Waals surface area contributed by atoms with Crippen LogP contribution in [0.15, 0.2) is 24.3 Å². The lowest BCUT2D eigenvalue weighted by Crippen LogP contribution is -2.09. The van der Waals surface area contributed by atoms with Gasteiger partial charge in [0.2, 0.25) is 0 Å². The summed E-state index contributed by atoms with van der Waals surface area (Å²) in [5, 5.41) is 0. The fraction of sp³-hybridized carbons (Fsp3) is 0.455. The summed E-state index contributed by atoms with van der Waals surface area (Å²) in [5.74, 6) is 0. The molecule has 0 spiro atoms. The van der Waals surface area contributed by atoms with Gasteiger partial charge in [0.25, 0.3) is 0 Å². The molecule has 1 rings (SSSR count). The molecule has 0 fully saturated rings. The summed E-state index contributed by atoms with van der Waals surface area (Å²) in [6, 6.07) is 8.70. The lowest BCUT2D eigenvalue weighted by Gasteiger charge is -2.10. The average Bonchev–Trinajstić information content (AvgIpc) is 2.15. The summed E-state index contributed by atoms with van der Waals surface area (Å²) >= 11 is 2.31. The Bertz CT molecular complexity index is 243. The van der Waals surface area contributed by atoms with E-state index in [1.165, 1.54) is 22.0 Å². The van der Waals surface area contributed by atoms with Gasteiger partial charge in [-0.15, -0.1) is 0 Å². The number of benzene rings is 1. The Morgan fingerprint density at radius 3 is 2.46 bits per heavy atom. The largest absolute Gasteiger partial charge is 0.324 e. The van der Waals surface area contributed by atoms with Gasteiger partial charge in [0.1, 0.15) is 0 Å². The minimum absolute atomic E-state index is 0.219. The van der Waals surface area contributed by atoms with Gasteiger partial charge < -0.3 is 5.73 Å². The Hall–Kier alpha value is -0.0900. The molecule has 2 N–H and O–H groups in total. The zero-order chi connectivity index (χ0) is 9.68. The van der Waals surface area contributed by atoms with Crippen molar-refractivity contribution in [3.8, 4) is 0 Å². The van der Waals surface area contributed by atoms with E-state index in [4.69, 9.17) is 5.73 Å². The Morgan fingerprint density at radius 2 is 1.92 bits per heavy atom. The van der Waals surface area contributed by atoms with Crippen LogP contribution in [0.3, 0.4) is 0 Å². The molecule has 0 heterocycles. The summed E-state index contributed by atoms with van der Waals surface area (Å²) < 4.78 is 1.27. The number of unbranched alkanes of at least 4 members (excludes halogenated alkanes) is 1. The van der Waals surface area contributed by atoms with E-state index in [-0.39, 0.29) is 6.04 Å². The van der Waals surface area contributed by atoms with E-state index in [2.05, 4.69) is 53.8 Å². The summed E-state index contributed by atoms with van der Waals surface area (Å²) in [5.41, 5.74) is 7.29. The monoisotopic (exact) mass is 289 g/mol. The van der Waals surface area contributed by atoms with Crippen LogP contribution in [0.1, 0.15) is 37.8 Å². The standard InChI is InChI=1S/C11H16IN/c1-2-3-4-11(13)9-5-7-10(12)8-6-9/h5-8,11H,2-4,13H2,1H3/t11-/m0/s1. The number of hydrogen-bond acceptors (Lipinski definition) is 1. The van der Waals surface area contributed by atoms with Crippen molar-refractivity contribution in [3.63, 3.8) is 0 Å².